The molecule has 9 nitrogen and oxygen atoms in total. The third-order valence-electron chi connectivity index (χ3n) is 9.65. The molecule has 4 aliphatic rings. The van der Waals surface area contributed by atoms with Gasteiger partial charge in [0, 0.05) is 37.3 Å². The number of nitrogens with zero attached hydrogens (tertiary/aromatic N) is 5. The Labute approximate surface area is 236 Å². The third-order valence-corrected chi connectivity index (χ3v) is 9.65. The van der Waals surface area contributed by atoms with E-state index in [1.807, 2.05) is 28.8 Å². The molecule has 4 heterocycles. The van der Waals surface area contributed by atoms with Crippen molar-refractivity contribution in [3.8, 4) is 0 Å². The Hall–Kier alpha value is -2.94. The van der Waals surface area contributed by atoms with Crippen molar-refractivity contribution in [1.82, 2.24) is 19.4 Å². The standard InChI is InChI=1S/C31H43N5O4/c1-2-40-29(38)21-33-16-17-34(20-28(33)37)30-31(39)36(27-13-9-8-12-26(27)32-30)25-18-23-14-15-24(19-25)35(23)22-10-6-4-3-5-7-11-22/h8-9,12-13,22-25H,2-7,10-11,14-21H2,1H3/t23-,24+,25?. The van der Waals surface area contributed by atoms with Gasteiger partial charge < -0.3 is 19.1 Å². The number of para-hydroxylation sites is 2. The molecule has 1 unspecified atom stereocenters. The van der Waals surface area contributed by atoms with Crippen LogP contribution in [0.25, 0.3) is 11.0 Å². The summed E-state index contributed by atoms with van der Waals surface area (Å²) in [6.07, 6.45) is 13.9. The van der Waals surface area contributed by atoms with Gasteiger partial charge in [0.1, 0.15) is 6.54 Å². The molecular formula is C31H43N5O4. The molecule has 0 spiro atoms. The molecule has 1 aromatic heterocycles. The minimum atomic E-state index is -0.407. The maximum Gasteiger partial charge on any atom is 0.325 e. The third kappa shape index (κ3) is 5.37. The molecule has 3 saturated heterocycles. The molecule has 2 aromatic rings. The number of piperidine rings is 1. The van der Waals surface area contributed by atoms with E-state index >= 15 is 0 Å². The predicted octanol–water partition coefficient (Wildman–Crippen LogP) is 3.89. The van der Waals surface area contributed by atoms with E-state index in [-0.39, 0.29) is 37.2 Å². The number of benzene rings is 1. The molecule has 1 aromatic carbocycles. The molecule has 0 N–H and O–H groups in total. The van der Waals surface area contributed by atoms with Crippen LogP contribution >= 0.6 is 0 Å². The fourth-order valence-electron chi connectivity index (χ4n) is 7.85. The minimum Gasteiger partial charge on any atom is -0.465 e. The zero-order valence-electron chi connectivity index (χ0n) is 23.8. The number of hydrogen-bond donors (Lipinski definition) is 0. The fraction of sp³-hybridized carbons (Fsp3) is 0.677. The monoisotopic (exact) mass is 549 g/mol. The average molecular weight is 550 g/mol. The first-order valence-electron chi connectivity index (χ1n) is 15.5. The van der Waals surface area contributed by atoms with Crippen LogP contribution in [0, 0.1) is 0 Å². The lowest BCUT2D eigenvalue weighted by Gasteiger charge is -2.45. The Bertz CT molecular complexity index is 1270. The first-order chi connectivity index (χ1) is 19.5. The van der Waals surface area contributed by atoms with Gasteiger partial charge in [-0.05, 0) is 57.6 Å². The number of carbonyl (C=O) groups is 2. The Balaban J connectivity index is 1.25. The highest BCUT2D eigenvalue weighted by Crippen LogP contribution is 2.44. The smallest absolute Gasteiger partial charge is 0.325 e. The molecule has 1 amide bonds. The summed E-state index contributed by atoms with van der Waals surface area (Å²) in [4.78, 5) is 50.0. The van der Waals surface area contributed by atoms with E-state index in [1.54, 1.807) is 11.8 Å². The molecule has 3 aliphatic heterocycles. The summed E-state index contributed by atoms with van der Waals surface area (Å²) in [5.74, 6) is -0.251. The lowest BCUT2D eigenvalue weighted by atomic mass is 9.89. The minimum absolute atomic E-state index is 0.0331. The summed E-state index contributed by atoms with van der Waals surface area (Å²) in [6, 6.07) is 9.80. The van der Waals surface area contributed by atoms with E-state index in [2.05, 4.69) is 4.90 Å². The van der Waals surface area contributed by atoms with Crippen LogP contribution in [-0.2, 0) is 14.3 Å². The number of fused-ring (bicyclic) bond motifs is 3. The Kier molecular flexibility index (Phi) is 8.10. The van der Waals surface area contributed by atoms with Gasteiger partial charge in [0.2, 0.25) is 5.91 Å². The normalized spacial score (nSPS) is 26.6. The van der Waals surface area contributed by atoms with Crippen molar-refractivity contribution >= 4 is 28.7 Å². The topological polar surface area (TPSA) is 88.0 Å². The molecular weight excluding hydrogens is 506 g/mol. The van der Waals surface area contributed by atoms with Gasteiger partial charge in [-0.3, -0.25) is 19.3 Å². The maximum atomic E-state index is 14.2. The van der Waals surface area contributed by atoms with E-state index < -0.39 is 5.97 Å². The molecule has 9 heteroatoms. The Morgan fingerprint density at radius 1 is 0.900 bits per heavy atom. The van der Waals surface area contributed by atoms with Gasteiger partial charge in [0.25, 0.3) is 5.56 Å². The predicted molar refractivity (Wildman–Crippen MR) is 154 cm³/mol. The summed E-state index contributed by atoms with van der Waals surface area (Å²) < 4.78 is 7.03. The van der Waals surface area contributed by atoms with E-state index in [0.717, 1.165) is 23.9 Å². The summed E-state index contributed by atoms with van der Waals surface area (Å²) >= 11 is 0. The molecule has 1 aliphatic carbocycles. The van der Waals surface area contributed by atoms with Crippen LogP contribution in [0.5, 0.6) is 0 Å². The Morgan fingerprint density at radius 2 is 1.60 bits per heavy atom. The quantitative estimate of drug-likeness (QED) is 0.505. The lowest BCUT2D eigenvalue weighted by Crippen LogP contribution is -2.54. The van der Waals surface area contributed by atoms with Crippen LogP contribution in [0.2, 0.25) is 0 Å². The summed E-state index contributed by atoms with van der Waals surface area (Å²) in [7, 11) is 0. The molecule has 1 saturated carbocycles. The molecule has 2 bridgehead atoms. The number of piperazine rings is 1. The average Bonchev–Trinajstić information content (AvgIpc) is 3.18. The van der Waals surface area contributed by atoms with E-state index in [0.29, 0.717) is 37.0 Å². The van der Waals surface area contributed by atoms with Gasteiger partial charge in [-0.15, -0.1) is 0 Å². The van der Waals surface area contributed by atoms with Gasteiger partial charge in [0.15, 0.2) is 5.82 Å². The summed E-state index contributed by atoms with van der Waals surface area (Å²) in [5.41, 5.74) is 1.56. The van der Waals surface area contributed by atoms with Crippen LogP contribution in [-0.4, -0.2) is 82.1 Å². The van der Waals surface area contributed by atoms with Crippen LogP contribution < -0.4 is 10.5 Å². The fourth-order valence-corrected chi connectivity index (χ4v) is 7.85. The van der Waals surface area contributed by atoms with Gasteiger partial charge in [0.05, 0.1) is 24.2 Å². The van der Waals surface area contributed by atoms with Crippen LogP contribution in [0.4, 0.5) is 5.82 Å². The second-order valence-electron chi connectivity index (χ2n) is 12.1. The number of rotatable bonds is 6. The van der Waals surface area contributed by atoms with Gasteiger partial charge in [-0.25, -0.2) is 4.98 Å². The van der Waals surface area contributed by atoms with E-state index in [9.17, 15) is 14.4 Å². The van der Waals surface area contributed by atoms with Crippen LogP contribution in [0.15, 0.2) is 29.1 Å². The van der Waals surface area contributed by atoms with Gasteiger partial charge in [-0.2, -0.15) is 0 Å². The number of hydrogen-bond acceptors (Lipinski definition) is 7. The van der Waals surface area contributed by atoms with Gasteiger partial charge in [-0.1, -0.05) is 44.2 Å². The highest BCUT2D eigenvalue weighted by molar-refractivity contribution is 5.86. The van der Waals surface area contributed by atoms with Crippen LogP contribution in [0.3, 0.4) is 0 Å². The second kappa shape index (κ2) is 11.9. The van der Waals surface area contributed by atoms with Gasteiger partial charge >= 0.3 is 5.97 Å². The summed E-state index contributed by atoms with van der Waals surface area (Å²) in [6.45, 7) is 2.83. The van der Waals surface area contributed by atoms with Crippen molar-refractivity contribution in [3.05, 3.63) is 34.6 Å². The Morgan fingerprint density at radius 3 is 2.30 bits per heavy atom. The van der Waals surface area contributed by atoms with Crippen molar-refractivity contribution < 1.29 is 14.3 Å². The maximum absolute atomic E-state index is 14.2. The SMILES string of the molecule is CCOC(=O)CN1CCN(c2nc3ccccc3n(C3C[C@H]4CC[C@@H](C3)N4C3CCCCCCC3)c2=O)CC1=O. The highest BCUT2D eigenvalue weighted by atomic mass is 16.5. The van der Waals surface area contributed by atoms with Crippen LogP contribution in [0.1, 0.15) is 83.6 Å². The lowest BCUT2D eigenvalue weighted by molar-refractivity contribution is -0.149. The van der Waals surface area contributed by atoms with E-state index in [1.165, 1.54) is 62.7 Å². The number of carbonyl (C=O) groups excluding carboxylic acids is 2. The second-order valence-corrected chi connectivity index (χ2v) is 12.1. The number of aromatic nitrogens is 2. The molecule has 0 radical (unpaired) electrons. The number of anilines is 1. The van der Waals surface area contributed by atoms with Crippen molar-refractivity contribution in [2.24, 2.45) is 0 Å². The number of esters is 1. The zero-order chi connectivity index (χ0) is 27.6. The zero-order valence-corrected chi connectivity index (χ0v) is 23.8. The highest BCUT2D eigenvalue weighted by Gasteiger charge is 2.44. The number of ether oxygens (including phenoxy) is 1. The van der Waals surface area contributed by atoms with Crippen molar-refractivity contribution in [3.63, 3.8) is 0 Å². The molecule has 6 rings (SSSR count). The summed E-state index contributed by atoms with van der Waals surface area (Å²) in [5, 5.41) is 0. The number of amides is 1. The van der Waals surface area contributed by atoms with Crippen molar-refractivity contribution in [1.29, 1.82) is 0 Å². The molecule has 40 heavy (non-hydrogen) atoms. The van der Waals surface area contributed by atoms with Crippen molar-refractivity contribution in [2.45, 2.75) is 102 Å². The molecule has 3 atom stereocenters. The molecule has 4 fully saturated rings. The first-order valence-corrected chi connectivity index (χ1v) is 15.5. The van der Waals surface area contributed by atoms with Crippen molar-refractivity contribution in [2.75, 3.05) is 37.7 Å². The first kappa shape index (κ1) is 27.2. The molecule has 216 valence electrons. The van der Waals surface area contributed by atoms with E-state index in [4.69, 9.17) is 9.72 Å². The largest absolute Gasteiger partial charge is 0.465 e.